The van der Waals surface area contributed by atoms with E-state index in [1.807, 2.05) is 30.3 Å². The molecule has 232 valence electrons. The molecule has 0 radical (unpaired) electrons. The molecule has 0 atom stereocenters. The van der Waals surface area contributed by atoms with Crippen molar-refractivity contribution in [2.24, 2.45) is 0 Å². The van der Waals surface area contributed by atoms with Gasteiger partial charge in [-0.2, -0.15) is 0 Å². The molecule has 1 aliphatic heterocycles. The molecule has 11 rings (SSSR count). The monoisotopic (exact) mass is 638 g/mol. The second-order valence-corrected chi connectivity index (χ2v) is 12.8. The van der Waals surface area contributed by atoms with Gasteiger partial charge in [-0.3, -0.25) is 0 Å². The van der Waals surface area contributed by atoms with Crippen LogP contribution >= 0.6 is 0 Å². The Bertz CT molecular complexity index is 2960. The first-order chi connectivity index (χ1) is 24.8. The third-order valence-electron chi connectivity index (χ3n) is 10.0. The van der Waals surface area contributed by atoms with Crippen molar-refractivity contribution >= 4 is 54.1 Å². The van der Waals surface area contributed by atoms with Gasteiger partial charge in [0.2, 0.25) is 0 Å². The smallest absolute Gasteiger partial charge is 0.167 e. The lowest BCUT2D eigenvalue weighted by Gasteiger charge is -2.22. The second kappa shape index (κ2) is 10.3. The van der Waals surface area contributed by atoms with E-state index in [2.05, 4.69) is 132 Å². The summed E-state index contributed by atoms with van der Waals surface area (Å²) in [5.74, 6) is 3.37. The lowest BCUT2D eigenvalue weighted by Crippen LogP contribution is -2.05. The quantitative estimate of drug-likeness (QED) is 0.180. The maximum absolute atomic E-state index is 6.84. The molecule has 0 unspecified atom stereocenters. The average Bonchev–Trinajstić information content (AvgIpc) is 3.52. The SMILES string of the molecule is c1ccc(-c2nc(-c3ccccc3-n3c4ccccc4c4ccccc43)nc(-c3ccc4ccc5ccc6cccc7c6c5c4c3O7)n2)cc1. The molecule has 0 N–H and O–H groups in total. The first-order valence-electron chi connectivity index (χ1n) is 16.8. The molecule has 0 saturated heterocycles. The summed E-state index contributed by atoms with van der Waals surface area (Å²) in [6.07, 6.45) is 0. The highest BCUT2D eigenvalue weighted by atomic mass is 16.5. The molecule has 5 heteroatoms. The zero-order valence-corrected chi connectivity index (χ0v) is 26.7. The summed E-state index contributed by atoms with van der Waals surface area (Å²) in [6.45, 7) is 0. The Labute approximate surface area is 286 Å². The van der Waals surface area contributed by atoms with E-state index in [4.69, 9.17) is 19.7 Å². The van der Waals surface area contributed by atoms with Gasteiger partial charge in [0.1, 0.15) is 11.5 Å². The lowest BCUT2D eigenvalue weighted by molar-refractivity contribution is 0.494. The topological polar surface area (TPSA) is 52.8 Å². The van der Waals surface area contributed by atoms with Crippen molar-refractivity contribution in [3.05, 3.63) is 158 Å². The number of benzene rings is 8. The Morgan fingerprint density at radius 1 is 0.400 bits per heavy atom. The Balaban J connectivity index is 1.20. The van der Waals surface area contributed by atoms with Crippen molar-refractivity contribution in [1.82, 2.24) is 19.5 Å². The largest absolute Gasteiger partial charge is 0.455 e. The minimum Gasteiger partial charge on any atom is -0.455 e. The van der Waals surface area contributed by atoms with Crippen LogP contribution in [-0.2, 0) is 0 Å². The summed E-state index contributed by atoms with van der Waals surface area (Å²) < 4.78 is 9.16. The molecule has 0 saturated carbocycles. The Hall–Kier alpha value is -6.85. The van der Waals surface area contributed by atoms with E-state index in [0.717, 1.165) is 66.5 Å². The maximum atomic E-state index is 6.84. The van der Waals surface area contributed by atoms with Gasteiger partial charge < -0.3 is 9.30 Å². The van der Waals surface area contributed by atoms with Crippen LogP contribution in [0.25, 0.3) is 94.0 Å². The lowest BCUT2D eigenvalue weighted by atomic mass is 9.92. The summed E-state index contributed by atoms with van der Waals surface area (Å²) in [5, 5.41) is 9.29. The van der Waals surface area contributed by atoms with Crippen LogP contribution in [-0.4, -0.2) is 19.5 Å². The number of rotatable bonds is 4. The van der Waals surface area contributed by atoms with Crippen molar-refractivity contribution in [3.8, 4) is 51.3 Å². The predicted molar refractivity (Wildman–Crippen MR) is 203 cm³/mol. The third kappa shape index (κ3) is 3.86. The summed E-state index contributed by atoms with van der Waals surface area (Å²) in [4.78, 5) is 15.6. The van der Waals surface area contributed by atoms with Gasteiger partial charge in [-0.05, 0) is 52.6 Å². The van der Waals surface area contributed by atoms with Crippen LogP contribution in [0.4, 0.5) is 0 Å². The van der Waals surface area contributed by atoms with Gasteiger partial charge in [0.25, 0.3) is 0 Å². The van der Waals surface area contributed by atoms with E-state index in [1.54, 1.807) is 0 Å². The van der Waals surface area contributed by atoms with Gasteiger partial charge in [0.15, 0.2) is 17.5 Å². The average molecular weight is 639 g/mol. The number of fused-ring (bicyclic) bond motifs is 3. The van der Waals surface area contributed by atoms with E-state index < -0.39 is 0 Å². The Morgan fingerprint density at radius 3 is 1.74 bits per heavy atom. The highest BCUT2D eigenvalue weighted by Crippen LogP contribution is 2.50. The molecule has 2 aromatic heterocycles. The normalized spacial score (nSPS) is 12.2. The number of hydrogen-bond acceptors (Lipinski definition) is 4. The van der Waals surface area contributed by atoms with E-state index in [1.165, 1.54) is 21.5 Å². The molecule has 10 aromatic rings. The second-order valence-electron chi connectivity index (χ2n) is 12.8. The van der Waals surface area contributed by atoms with Crippen LogP contribution < -0.4 is 4.74 Å². The highest BCUT2D eigenvalue weighted by Gasteiger charge is 2.25. The highest BCUT2D eigenvalue weighted by molar-refractivity contribution is 6.26. The fourth-order valence-corrected chi connectivity index (χ4v) is 7.79. The first-order valence-corrected chi connectivity index (χ1v) is 16.8. The minimum atomic E-state index is 0.561. The van der Waals surface area contributed by atoms with E-state index >= 15 is 0 Å². The number of aromatic nitrogens is 4. The molecule has 8 aromatic carbocycles. The predicted octanol–water partition coefficient (Wildman–Crippen LogP) is 11.5. The zero-order chi connectivity index (χ0) is 32.8. The van der Waals surface area contributed by atoms with Gasteiger partial charge in [-0.1, -0.05) is 121 Å². The van der Waals surface area contributed by atoms with Crippen molar-refractivity contribution < 1.29 is 4.74 Å². The number of para-hydroxylation sites is 3. The van der Waals surface area contributed by atoms with Crippen LogP contribution in [0.15, 0.2) is 158 Å². The van der Waals surface area contributed by atoms with Crippen LogP contribution in [0.5, 0.6) is 11.5 Å². The van der Waals surface area contributed by atoms with Gasteiger partial charge in [0, 0.05) is 38.1 Å². The van der Waals surface area contributed by atoms with Gasteiger partial charge in [-0.25, -0.2) is 15.0 Å². The van der Waals surface area contributed by atoms with Gasteiger partial charge >= 0.3 is 0 Å². The summed E-state index contributed by atoms with van der Waals surface area (Å²) in [7, 11) is 0. The number of nitrogens with zero attached hydrogens (tertiary/aromatic N) is 4. The minimum absolute atomic E-state index is 0.561. The van der Waals surface area contributed by atoms with Crippen LogP contribution in [0.3, 0.4) is 0 Å². The van der Waals surface area contributed by atoms with Gasteiger partial charge in [-0.15, -0.1) is 0 Å². The van der Waals surface area contributed by atoms with Crippen LogP contribution in [0.2, 0.25) is 0 Å². The molecule has 3 heterocycles. The summed E-state index contributed by atoms with van der Waals surface area (Å²) in [5.41, 5.74) is 5.91. The fraction of sp³-hybridized carbons (Fsp3) is 0. The van der Waals surface area contributed by atoms with Crippen molar-refractivity contribution in [3.63, 3.8) is 0 Å². The molecular formula is C45H26N4O. The third-order valence-corrected chi connectivity index (χ3v) is 10.0. The molecule has 5 nitrogen and oxygen atoms in total. The number of hydrogen-bond donors (Lipinski definition) is 0. The zero-order valence-electron chi connectivity index (χ0n) is 26.7. The van der Waals surface area contributed by atoms with Gasteiger partial charge in [0.05, 0.1) is 22.3 Å². The van der Waals surface area contributed by atoms with Crippen molar-refractivity contribution in [1.29, 1.82) is 0 Å². The fourth-order valence-electron chi connectivity index (χ4n) is 7.79. The van der Waals surface area contributed by atoms with Crippen LogP contribution in [0, 0.1) is 0 Å². The van der Waals surface area contributed by atoms with E-state index in [0.29, 0.717) is 17.5 Å². The first kappa shape index (κ1) is 27.1. The molecule has 0 spiro atoms. The van der Waals surface area contributed by atoms with Crippen LogP contribution in [0.1, 0.15) is 0 Å². The van der Waals surface area contributed by atoms with E-state index in [-0.39, 0.29) is 0 Å². The molecule has 0 fully saturated rings. The van der Waals surface area contributed by atoms with E-state index in [9.17, 15) is 0 Å². The standard InChI is InChI=1S/C45H26N4O/c1-2-11-30(12-3-1)43-46-44(33-16-6-9-19-37(33)49-35-17-7-4-14-31(35)32-15-5-8-18-36(32)49)48-45(47-43)34-26-25-29-24-23-28-22-21-27-13-10-20-38-39(27)40(28)41(29)42(34)50-38/h1-26H. The molecule has 0 aliphatic carbocycles. The van der Waals surface area contributed by atoms with Crippen molar-refractivity contribution in [2.45, 2.75) is 0 Å². The molecule has 0 amide bonds. The molecular weight excluding hydrogens is 613 g/mol. The molecule has 50 heavy (non-hydrogen) atoms. The molecule has 0 bridgehead atoms. The summed E-state index contributed by atoms with van der Waals surface area (Å²) in [6, 6.07) is 54.9. The molecule has 1 aliphatic rings. The number of ether oxygens (including phenoxy) is 1. The van der Waals surface area contributed by atoms with Crippen molar-refractivity contribution in [2.75, 3.05) is 0 Å². The summed E-state index contributed by atoms with van der Waals surface area (Å²) >= 11 is 0. The Kier molecular flexibility index (Phi) is 5.60. The maximum Gasteiger partial charge on any atom is 0.167 e. The Morgan fingerprint density at radius 2 is 0.980 bits per heavy atom.